The van der Waals surface area contributed by atoms with Crippen LogP contribution in [0, 0.1) is 0 Å². The van der Waals surface area contributed by atoms with Crippen molar-refractivity contribution in [1.29, 1.82) is 0 Å². The van der Waals surface area contributed by atoms with Gasteiger partial charge in [-0.1, -0.05) is 19.9 Å². The molecule has 1 aliphatic rings. The maximum absolute atomic E-state index is 9.96. The predicted octanol–water partition coefficient (Wildman–Crippen LogP) is 3.19. The van der Waals surface area contributed by atoms with Gasteiger partial charge in [-0.15, -0.1) is 0 Å². The molecule has 0 spiro atoms. The quantitative estimate of drug-likeness (QED) is 0.829. The zero-order valence-corrected chi connectivity index (χ0v) is 10.3. The van der Waals surface area contributed by atoms with Crippen molar-refractivity contribution in [1.82, 2.24) is 0 Å². The first kappa shape index (κ1) is 11.5. The van der Waals surface area contributed by atoms with Gasteiger partial charge in [0.1, 0.15) is 5.75 Å². The van der Waals surface area contributed by atoms with E-state index in [0.717, 1.165) is 30.6 Å². The average molecular weight is 220 g/mol. The Kier molecular flexibility index (Phi) is 3.20. The largest absolute Gasteiger partial charge is 0.496 e. The van der Waals surface area contributed by atoms with Crippen LogP contribution in [0.15, 0.2) is 12.1 Å². The fraction of sp³-hybridized carbons (Fsp3) is 0.571. The summed E-state index contributed by atoms with van der Waals surface area (Å²) in [6.45, 7) is 4.34. The van der Waals surface area contributed by atoms with Crippen LogP contribution in [-0.4, -0.2) is 12.2 Å². The molecule has 0 saturated carbocycles. The predicted molar refractivity (Wildman–Crippen MR) is 65.0 cm³/mol. The summed E-state index contributed by atoms with van der Waals surface area (Å²) in [6, 6.07) is 4.23. The van der Waals surface area contributed by atoms with E-state index in [1.165, 1.54) is 11.1 Å². The number of methoxy groups -OCH3 is 1. The minimum absolute atomic E-state index is 0.307. The summed E-state index contributed by atoms with van der Waals surface area (Å²) >= 11 is 0. The van der Waals surface area contributed by atoms with Gasteiger partial charge in [-0.05, 0) is 47.9 Å². The first-order chi connectivity index (χ1) is 7.63. The van der Waals surface area contributed by atoms with Crippen LogP contribution in [0.25, 0.3) is 0 Å². The summed E-state index contributed by atoms with van der Waals surface area (Å²) < 4.78 is 5.41. The Balaban J connectivity index is 2.51. The van der Waals surface area contributed by atoms with E-state index in [4.69, 9.17) is 4.74 Å². The maximum Gasteiger partial charge on any atom is 0.122 e. The first-order valence-electron chi connectivity index (χ1n) is 6.02. The van der Waals surface area contributed by atoms with E-state index < -0.39 is 0 Å². The normalized spacial score (nSPS) is 19.7. The third-order valence-electron chi connectivity index (χ3n) is 3.40. The lowest BCUT2D eigenvalue weighted by Crippen LogP contribution is -2.10. The van der Waals surface area contributed by atoms with E-state index in [0.29, 0.717) is 5.92 Å². The second-order valence-electron chi connectivity index (χ2n) is 4.86. The van der Waals surface area contributed by atoms with Crippen molar-refractivity contribution in [3.05, 3.63) is 28.8 Å². The molecule has 0 amide bonds. The lowest BCUT2D eigenvalue weighted by molar-refractivity contribution is 0.156. The van der Waals surface area contributed by atoms with Crippen LogP contribution in [0.1, 0.15) is 55.4 Å². The molecule has 16 heavy (non-hydrogen) atoms. The molecule has 0 heterocycles. The van der Waals surface area contributed by atoms with Crippen LogP contribution in [0.3, 0.4) is 0 Å². The Morgan fingerprint density at radius 1 is 1.38 bits per heavy atom. The van der Waals surface area contributed by atoms with Gasteiger partial charge in [-0.3, -0.25) is 0 Å². The Labute approximate surface area is 97.3 Å². The van der Waals surface area contributed by atoms with Gasteiger partial charge in [0.05, 0.1) is 13.2 Å². The Bertz CT molecular complexity index is 367. The Morgan fingerprint density at radius 2 is 2.12 bits per heavy atom. The van der Waals surface area contributed by atoms with Crippen LogP contribution in [0.5, 0.6) is 5.75 Å². The van der Waals surface area contributed by atoms with E-state index >= 15 is 0 Å². The van der Waals surface area contributed by atoms with E-state index in [-0.39, 0.29) is 6.10 Å². The topological polar surface area (TPSA) is 29.5 Å². The third kappa shape index (κ3) is 1.94. The molecular formula is C14H20O2. The minimum Gasteiger partial charge on any atom is -0.496 e. The number of hydrogen-bond acceptors (Lipinski definition) is 2. The number of rotatable bonds is 2. The number of fused-ring (bicyclic) bond motifs is 1. The van der Waals surface area contributed by atoms with E-state index in [1.54, 1.807) is 7.11 Å². The average Bonchev–Trinajstić information content (AvgIpc) is 2.28. The fourth-order valence-corrected chi connectivity index (χ4v) is 2.46. The highest BCUT2D eigenvalue weighted by atomic mass is 16.5. The smallest absolute Gasteiger partial charge is 0.122 e. The van der Waals surface area contributed by atoms with E-state index in [9.17, 15) is 5.11 Å². The summed E-state index contributed by atoms with van der Waals surface area (Å²) in [7, 11) is 1.70. The summed E-state index contributed by atoms with van der Waals surface area (Å²) in [6.07, 6.45) is 2.73. The maximum atomic E-state index is 9.96. The Hall–Kier alpha value is -1.02. The zero-order chi connectivity index (χ0) is 11.7. The molecule has 0 aromatic heterocycles. The number of aliphatic hydroxyl groups excluding tert-OH is 1. The van der Waals surface area contributed by atoms with Gasteiger partial charge in [-0.25, -0.2) is 0 Å². The molecule has 1 aromatic rings. The second-order valence-corrected chi connectivity index (χ2v) is 4.86. The van der Waals surface area contributed by atoms with Crippen LogP contribution in [-0.2, 0) is 6.42 Å². The summed E-state index contributed by atoms with van der Waals surface area (Å²) in [5, 5.41) is 9.96. The van der Waals surface area contributed by atoms with Gasteiger partial charge in [0, 0.05) is 0 Å². The molecule has 0 radical (unpaired) electrons. The molecule has 0 saturated heterocycles. The molecule has 2 heteroatoms. The number of benzene rings is 1. The molecule has 0 unspecified atom stereocenters. The highest BCUT2D eigenvalue weighted by Crippen LogP contribution is 2.36. The van der Waals surface area contributed by atoms with Crippen molar-refractivity contribution >= 4 is 0 Å². The molecule has 2 nitrogen and oxygen atoms in total. The van der Waals surface area contributed by atoms with Gasteiger partial charge in [0.15, 0.2) is 0 Å². The molecular weight excluding hydrogens is 200 g/mol. The molecule has 0 bridgehead atoms. The Morgan fingerprint density at radius 3 is 2.75 bits per heavy atom. The molecule has 0 aliphatic heterocycles. The summed E-state index contributed by atoms with van der Waals surface area (Å²) in [5.41, 5.74) is 3.60. The van der Waals surface area contributed by atoms with Crippen LogP contribution < -0.4 is 4.74 Å². The molecule has 1 aromatic carbocycles. The first-order valence-corrected chi connectivity index (χ1v) is 6.02. The number of hydrogen-bond donors (Lipinski definition) is 1. The lowest BCUT2D eigenvalue weighted by Gasteiger charge is -2.24. The number of ether oxygens (including phenoxy) is 1. The zero-order valence-electron chi connectivity index (χ0n) is 10.3. The van der Waals surface area contributed by atoms with Crippen molar-refractivity contribution < 1.29 is 9.84 Å². The summed E-state index contributed by atoms with van der Waals surface area (Å²) in [5.74, 6) is 1.37. The van der Waals surface area contributed by atoms with Gasteiger partial charge in [0.25, 0.3) is 0 Å². The van der Waals surface area contributed by atoms with Crippen LogP contribution in [0.4, 0.5) is 0 Å². The molecule has 1 N–H and O–H groups in total. The number of aliphatic hydroxyl groups is 1. The molecule has 1 aliphatic carbocycles. The highest BCUT2D eigenvalue weighted by molar-refractivity contribution is 5.46. The van der Waals surface area contributed by atoms with Gasteiger partial charge < -0.3 is 9.84 Å². The van der Waals surface area contributed by atoms with Crippen LogP contribution >= 0.6 is 0 Å². The third-order valence-corrected chi connectivity index (χ3v) is 3.40. The van der Waals surface area contributed by atoms with Gasteiger partial charge in [-0.2, -0.15) is 0 Å². The molecule has 2 rings (SSSR count). The van der Waals surface area contributed by atoms with Crippen molar-refractivity contribution in [3.63, 3.8) is 0 Å². The van der Waals surface area contributed by atoms with Crippen LogP contribution in [0.2, 0.25) is 0 Å². The van der Waals surface area contributed by atoms with E-state index in [1.807, 2.05) is 6.07 Å². The SMILES string of the molecule is COc1cc2c(cc1C(C)C)CCC[C@H]2O. The standard InChI is InChI=1S/C14H20O2/c1-9(2)11-7-10-5-4-6-13(15)12(10)8-14(11)16-3/h7-9,13,15H,4-6H2,1-3H3/t13-/m1/s1. The van der Waals surface area contributed by atoms with Crippen molar-refractivity contribution in [2.45, 2.75) is 45.1 Å². The summed E-state index contributed by atoms with van der Waals surface area (Å²) in [4.78, 5) is 0. The number of aryl methyl sites for hydroxylation is 1. The second kappa shape index (κ2) is 4.46. The molecule has 1 atom stereocenters. The van der Waals surface area contributed by atoms with Crippen molar-refractivity contribution in [3.8, 4) is 5.75 Å². The molecule has 88 valence electrons. The minimum atomic E-state index is -0.307. The monoisotopic (exact) mass is 220 g/mol. The fourth-order valence-electron chi connectivity index (χ4n) is 2.46. The highest BCUT2D eigenvalue weighted by Gasteiger charge is 2.21. The van der Waals surface area contributed by atoms with Crippen molar-refractivity contribution in [2.24, 2.45) is 0 Å². The van der Waals surface area contributed by atoms with Gasteiger partial charge in [0.2, 0.25) is 0 Å². The van der Waals surface area contributed by atoms with E-state index in [2.05, 4.69) is 19.9 Å². The lowest BCUT2D eigenvalue weighted by atomic mass is 9.86. The van der Waals surface area contributed by atoms with Crippen molar-refractivity contribution in [2.75, 3.05) is 7.11 Å². The van der Waals surface area contributed by atoms with Gasteiger partial charge >= 0.3 is 0 Å². The molecule has 0 fully saturated rings.